The Morgan fingerprint density at radius 3 is 2.75 bits per heavy atom. The van der Waals surface area contributed by atoms with Crippen molar-refractivity contribution in [3.8, 4) is 0 Å². The van der Waals surface area contributed by atoms with Crippen LogP contribution in [0.25, 0.3) is 10.2 Å². The third-order valence-corrected chi connectivity index (χ3v) is 3.77. The molecule has 1 aromatic carbocycles. The number of benzene rings is 1. The van der Waals surface area contributed by atoms with Gasteiger partial charge < -0.3 is 5.11 Å². The lowest BCUT2D eigenvalue weighted by Crippen LogP contribution is -2.23. The normalized spacial score (nSPS) is 11.9. The first-order valence-electron chi connectivity index (χ1n) is 4.15. The van der Waals surface area contributed by atoms with Crippen LogP contribution in [0.2, 0.25) is 0 Å². The second kappa shape index (κ2) is 3.99. The predicted molar refractivity (Wildman–Crippen MR) is 58.1 cm³/mol. The molecule has 0 spiro atoms. The van der Waals surface area contributed by atoms with Gasteiger partial charge in [0.15, 0.2) is 4.34 Å². The summed E-state index contributed by atoms with van der Waals surface area (Å²) in [6.45, 7) is 0. The number of carbonyl (C=O) groups is 1. The van der Waals surface area contributed by atoms with E-state index in [1.807, 2.05) is 0 Å². The van der Waals surface area contributed by atoms with Crippen LogP contribution in [-0.4, -0.2) is 21.3 Å². The number of halogens is 2. The van der Waals surface area contributed by atoms with Gasteiger partial charge in [-0.2, -0.15) is 8.78 Å². The quantitative estimate of drug-likeness (QED) is 0.863. The predicted octanol–water partition coefficient (Wildman–Crippen LogP) is 3.07. The second-order valence-corrected chi connectivity index (χ2v) is 5.26. The standard InChI is InChI=1S/C9H5F2NO2S2/c10-9(11,7(13)14)16-8-12-5-3-1-2-4-6(5)15-8/h1-4H,(H,13,14). The summed E-state index contributed by atoms with van der Waals surface area (Å²) in [6.07, 6.45) is 0. The molecule has 1 heterocycles. The van der Waals surface area contributed by atoms with Gasteiger partial charge in [0.05, 0.1) is 10.2 Å². The number of thioether (sulfide) groups is 1. The van der Waals surface area contributed by atoms with E-state index in [2.05, 4.69) is 4.98 Å². The number of hydrogen-bond donors (Lipinski definition) is 1. The van der Waals surface area contributed by atoms with Crippen LogP contribution < -0.4 is 0 Å². The molecular weight excluding hydrogens is 256 g/mol. The van der Waals surface area contributed by atoms with Crippen LogP contribution in [0.15, 0.2) is 28.6 Å². The Morgan fingerprint density at radius 2 is 2.12 bits per heavy atom. The highest BCUT2D eigenvalue weighted by Gasteiger charge is 2.41. The van der Waals surface area contributed by atoms with Crippen LogP contribution in [0.1, 0.15) is 0 Å². The second-order valence-electron chi connectivity index (χ2n) is 2.87. The number of aromatic nitrogens is 1. The first-order chi connectivity index (χ1) is 7.49. The Hall–Kier alpha value is -1.21. The van der Waals surface area contributed by atoms with Gasteiger partial charge in [-0.15, -0.1) is 11.3 Å². The van der Waals surface area contributed by atoms with E-state index in [-0.39, 0.29) is 16.1 Å². The SMILES string of the molecule is O=C(O)C(F)(F)Sc1nc2ccccc2s1. The number of aliphatic carboxylic acids is 1. The Morgan fingerprint density at radius 1 is 1.44 bits per heavy atom. The van der Waals surface area contributed by atoms with E-state index in [4.69, 9.17) is 5.11 Å². The Kier molecular flexibility index (Phi) is 2.81. The number of nitrogens with zero attached hydrogens (tertiary/aromatic N) is 1. The molecule has 2 aromatic rings. The molecule has 0 aliphatic carbocycles. The molecule has 0 saturated heterocycles. The maximum absolute atomic E-state index is 12.9. The van der Waals surface area contributed by atoms with Gasteiger partial charge in [-0.3, -0.25) is 0 Å². The summed E-state index contributed by atoms with van der Waals surface area (Å²) in [5.74, 6) is -2.16. The molecule has 1 N–H and O–H groups in total. The summed E-state index contributed by atoms with van der Waals surface area (Å²) in [7, 11) is 0. The number of alkyl halides is 2. The van der Waals surface area contributed by atoms with E-state index in [1.54, 1.807) is 24.3 Å². The smallest absolute Gasteiger partial charge is 0.395 e. The van der Waals surface area contributed by atoms with Gasteiger partial charge in [0.2, 0.25) is 0 Å². The van der Waals surface area contributed by atoms with E-state index in [0.29, 0.717) is 5.52 Å². The molecule has 0 unspecified atom stereocenters. The zero-order valence-electron chi connectivity index (χ0n) is 7.68. The van der Waals surface area contributed by atoms with E-state index in [1.165, 1.54) is 0 Å². The molecule has 7 heteroatoms. The third kappa shape index (κ3) is 2.14. The summed E-state index contributed by atoms with van der Waals surface area (Å²) < 4.78 is 26.6. The summed E-state index contributed by atoms with van der Waals surface area (Å²) in [5, 5.41) is 4.44. The van der Waals surface area contributed by atoms with Crippen LogP contribution in [-0.2, 0) is 4.79 Å². The zero-order chi connectivity index (χ0) is 11.8. The number of carboxylic acid groups (broad SMARTS) is 1. The van der Waals surface area contributed by atoms with Crippen molar-refractivity contribution < 1.29 is 18.7 Å². The molecule has 3 nitrogen and oxygen atoms in total. The molecule has 16 heavy (non-hydrogen) atoms. The van der Waals surface area contributed by atoms with Crippen LogP contribution in [0.3, 0.4) is 0 Å². The van der Waals surface area contributed by atoms with Crippen LogP contribution in [0, 0.1) is 0 Å². The van der Waals surface area contributed by atoms with Gasteiger partial charge in [0.25, 0.3) is 0 Å². The fourth-order valence-corrected chi connectivity index (χ4v) is 2.95. The average Bonchev–Trinajstić information content (AvgIpc) is 2.58. The fourth-order valence-electron chi connectivity index (χ4n) is 1.05. The van der Waals surface area contributed by atoms with E-state index in [9.17, 15) is 13.6 Å². The monoisotopic (exact) mass is 261 g/mol. The number of rotatable bonds is 3. The minimum absolute atomic E-state index is 0.0457. The van der Waals surface area contributed by atoms with Crippen LogP contribution in [0.4, 0.5) is 8.78 Å². The molecule has 0 bridgehead atoms. The largest absolute Gasteiger partial charge is 0.476 e. The van der Waals surface area contributed by atoms with Gasteiger partial charge in [-0.25, -0.2) is 9.78 Å². The van der Waals surface area contributed by atoms with Gasteiger partial charge in [0, 0.05) is 0 Å². The van der Waals surface area contributed by atoms with Crippen LogP contribution >= 0.6 is 23.1 Å². The van der Waals surface area contributed by atoms with Crippen molar-refractivity contribution in [1.82, 2.24) is 4.98 Å². The summed E-state index contributed by atoms with van der Waals surface area (Å²) in [5.41, 5.74) is 0.594. The summed E-state index contributed by atoms with van der Waals surface area (Å²) in [6, 6.07) is 6.95. The van der Waals surface area contributed by atoms with E-state index < -0.39 is 11.2 Å². The third-order valence-electron chi connectivity index (χ3n) is 1.74. The lowest BCUT2D eigenvalue weighted by molar-refractivity contribution is -0.152. The number of para-hydroxylation sites is 1. The summed E-state index contributed by atoms with van der Waals surface area (Å²) >= 11 is 1.00. The average molecular weight is 261 g/mol. The van der Waals surface area contributed by atoms with Crippen molar-refractivity contribution in [2.45, 2.75) is 9.59 Å². The molecular formula is C9H5F2NO2S2. The number of thiazole rings is 1. The van der Waals surface area contributed by atoms with Crippen molar-refractivity contribution in [2.24, 2.45) is 0 Å². The molecule has 2 rings (SSSR count). The van der Waals surface area contributed by atoms with Crippen molar-refractivity contribution >= 4 is 39.3 Å². The molecule has 0 radical (unpaired) electrons. The molecule has 0 atom stereocenters. The number of fused-ring (bicyclic) bond motifs is 1. The Balaban J connectivity index is 2.32. The molecule has 0 amide bonds. The number of hydrogen-bond acceptors (Lipinski definition) is 4. The summed E-state index contributed by atoms with van der Waals surface area (Å²) in [4.78, 5) is 14.2. The van der Waals surface area contributed by atoms with Gasteiger partial charge in [-0.1, -0.05) is 12.1 Å². The van der Waals surface area contributed by atoms with Gasteiger partial charge in [-0.05, 0) is 23.9 Å². The Labute approximate surface area is 97.1 Å². The first kappa shape index (κ1) is 11.3. The highest BCUT2D eigenvalue weighted by molar-refractivity contribution is 8.02. The molecule has 0 fully saturated rings. The fraction of sp³-hybridized carbons (Fsp3) is 0.111. The lowest BCUT2D eigenvalue weighted by Gasteiger charge is -2.06. The maximum atomic E-state index is 12.9. The highest BCUT2D eigenvalue weighted by Crippen LogP contribution is 2.39. The van der Waals surface area contributed by atoms with Crippen LogP contribution in [0.5, 0.6) is 0 Å². The van der Waals surface area contributed by atoms with Crippen molar-refractivity contribution in [3.05, 3.63) is 24.3 Å². The molecule has 84 valence electrons. The number of carboxylic acids is 1. The Bertz CT molecular complexity index is 508. The maximum Gasteiger partial charge on any atom is 0.395 e. The molecule has 1 aromatic heterocycles. The molecule has 0 aliphatic rings. The topological polar surface area (TPSA) is 50.2 Å². The molecule has 0 aliphatic heterocycles. The van der Waals surface area contributed by atoms with Crippen molar-refractivity contribution in [2.75, 3.05) is 0 Å². The van der Waals surface area contributed by atoms with Crippen molar-refractivity contribution in [1.29, 1.82) is 0 Å². The highest BCUT2D eigenvalue weighted by atomic mass is 32.2. The minimum atomic E-state index is -3.84. The molecule has 0 saturated carbocycles. The van der Waals surface area contributed by atoms with E-state index >= 15 is 0 Å². The minimum Gasteiger partial charge on any atom is -0.476 e. The van der Waals surface area contributed by atoms with Gasteiger partial charge >= 0.3 is 11.2 Å². The van der Waals surface area contributed by atoms with Gasteiger partial charge in [0.1, 0.15) is 0 Å². The van der Waals surface area contributed by atoms with Crippen molar-refractivity contribution in [3.63, 3.8) is 0 Å². The lowest BCUT2D eigenvalue weighted by atomic mass is 10.3. The first-order valence-corrected chi connectivity index (χ1v) is 5.78. The van der Waals surface area contributed by atoms with E-state index in [0.717, 1.165) is 16.0 Å². The zero-order valence-corrected chi connectivity index (χ0v) is 9.32.